The molecule has 1 aromatic heterocycles. The lowest BCUT2D eigenvalue weighted by Gasteiger charge is -2.02. The van der Waals surface area contributed by atoms with Crippen molar-refractivity contribution in [1.29, 1.82) is 0 Å². The van der Waals surface area contributed by atoms with E-state index < -0.39 is 0 Å². The Kier molecular flexibility index (Phi) is 3.57. The summed E-state index contributed by atoms with van der Waals surface area (Å²) in [6, 6.07) is 23.3. The summed E-state index contributed by atoms with van der Waals surface area (Å²) in [6.07, 6.45) is 4.33. The van der Waals surface area contributed by atoms with Crippen LogP contribution in [0.15, 0.2) is 72.1 Å². The third-order valence-electron chi connectivity index (χ3n) is 2.98. The smallest absolute Gasteiger partial charge is 0.0270 e. The quantitative estimate of drug-likeness (QED) is 0.577. The number of benzene rings is 2. The van der Waals surface area contributed by atoms with Crippen molar-refractivity contribution >= 4 is 23.5 Å². The molecular weight excluding hydrogens is 248 g/mol. The first-order valence-electron chi connectivity index (χ1n) is 6.29. The highest BCUT2D eigenvalue weighted by atomic mass is 32.1. The Morgan fingerprint density at radius 1 is 0.684 bits per heavy atom. The van der Waals surface area contributed by atoms with Crippen LogP contribution in [0.5, 0.6) is 0 Å². The molecule has 19 heavy (non-hydrogen) atoms. The standard InChI is InChI=1S/C18H14S/c1-2-7-16(8-3-1)17-9-4-6-15(14-17)11-12-18-10-5-13-19-18/h1-14H/b12-11+. The van der Waals surface area contributed by atoms with E-state index in [1.807, 2.05) is 6.07 Å². The maximum atomic E-state index is 2.22. The molecule has 1 heterocycles. The van der Waals surface area contributed by atoms with E-state index in [1.165, 1.54) is 21.6 Å². The summed E-state index contributed by atoms with van der Waals surface area (Å²) in [5.74, 6) is 0. The lowest BCUT2D eigenvalue weighted by Crippen LogP contribution is -1.78. The van der Waals surface area contributed by atoms with Gasteiger partial charge in [0.05, 0.1) is 0 Å². The third-order valence-corrected chi connectivity index (χ3v) is 3.81. The van der Waals surface area contributed by atoms with Gasteiger partial charge in [0.2, 0.25) is 0 Å². The fourth-order valence-electron chi connectivity index (χ4n) is 2.02. The first kappa shape index (κ1) is 11.9. The molecule has 92 valence electrons. The summed E-state index contributed by atoms with van der Waals surface area (Å²) < 4.78 is 0. The largest absolute Gasteiger partial charge is 0.144 e. The highest BCUT2D eigenvalue weighted by Gasteiger charge is 1.96. The highest BCUT2D eigenvalue weighted by molar-refractivity contribution is 7.10. The summed E-state index contributed by atoms with van der Waals surface area (Å²) in [5, 5.41) is 2.10. The highest BCUT2D eigenvalue weighted by Crippen LogP contribution is 2.21. The van der Waals surface area contributed by atoms with Crippen molar-refractivity contribution in [3.05, 3.63) is 82.6 Å². The van der Waals surface area contributed by atoms with E-state index in [4.69, 9.17) is 0 Å². The van der Waals surface area contributed by atoms with Crippen molar-refractivity contribution in [1.82, 2.24) is 0 Å². The van der Waals surface area contributed by atoms with Gasteiger partial charge in [0.15, 0.2) is 0 Å². The van der Waals surface area contributed by atoms with E-state index in [0.29, 0.717) is 0 Å². The molecule has 3 rings (SSSR count). The van der Waals surface area contributed by atoms with Gasteiger partial charge in [-0.3, -0.25) is 0 Å². The molecule has 3 aromatic rings. The molecule has 0 aliphatic heterocycles. The van der Waals surface area contributed by atoms with Crippen LogP contribution in [0, 0.1) is 0 Å². The van der Waals surface area contributed by atoms with Crippen LogP contribution >= 0.6 is 11.3 Å². The van der Waals surface area contributed by atoms with Gasteiger partial charge in [-0.2, -0.15) is 0 Å². The summed E-state index contributed by atoms with van der Waals surface area (Å²) in [5.41, 5.74) is 3.75. The normalized spacial score (nSPS) is 10.9. The summed E-state index contributed by atoms with van der Waals surface area (Å²) in [6.45, 7) is 0. The Hall–Kier alpha value is -2.12. The second-order valence-corrected chi connectivity index (χ2v) is 5.32. The predicted octanol–water partition coefficient (Wildman–Crippen LogP) is 5.59. The van der Waals surface area contributed by atoms with Gasteiger partial charge in [0.25, 0.3) is 0 Å². The topological polar surface area (TPSA) is 0 Å². The SMILES string of the molecule is C(=C\c1cccs1)/c1cccc(-c2ccccc2)c1. The van der Waals surface area contributed by atoms with Gasteiger partial charge in [-0.25, -0.2) is 0 Å². The molecule has 0 aliphatic rings. The molecule has 2 aromatic carbocycles. The van der Waals surface area contributed by atoms with Crippen molar-refractivity contribution in [2.24, 2.45) is 0 Å². The Labute approximate surface area is 117 Å². The van der Waals surface area contributed by atoms with Crippen LogP contribution in [-0.2, 0) is 0 Å². The molecule has 0 bridgehead atoms. The van der Waals surface area contributed by atoms with Crippen LogP contribution in [0.25, 0.3) is 23.3 Å². The predicted molar refractivity (Wildman–Crippen MR) is 85.1 cm³/mol. The zero-order chi connectivity index (χ0) is 12.9. The van der Waals surface area contributed by atoms with Crippen molar-refractivity contribution < 1.29 is 0 Å². The average molecular weight is 262 g/mol. The van der Waals surface area contributed by atoms with Gasteiger partial charge < -0.3 is 0 Å². The van der Waals surface area contributed by atoms with E-state index in [1.54, 1.807) is 11.3 Å². The molecule has 0 radical (unpaired) electrons. The summed E-state index contributed by atoms with van der Waals surface area (Å²) in [4.78, 5) is 1.28. The van der Waals surface area contributed by atoms with Gasteiger partial charge in [-0.1, -0.05) is 60.7 Å². The summed E-state index contributed by atoms with van der Waals surface area (Å²) >= 11 is 1.76. The molecule has 0 unspecified atom stereocenters. The van der Waals surface area contributed by atoms with Crippen molar-refractivity contribution in [2.75, 3.05) is 0 Å². The van der Waals surface area contributed by atoms with Gasteiger partial charge in [0, 0.05) is 4.88 Å². The Morgan fingerprint density at radius 3 is 2.32 bits per heavy atom. The fraction of sp³-hybridized carbons (Fsp3) is 0. The van der Waals surface area contributed by atoms with Gasteiger partial charge in [0.1, 0.15) is 0 Å². The van der Waals surface area contributed by atoms with E-state index in [2.05, 4.69) is 78.2 Å². The van der Waals surface area contributed by atoms with E-state index in [-0.39, 0.29) is 0 Å². The molecule has 0 amide bonds. The van der Waals surface area contributed by atoms with Gasteiger partial charge >= 0.3 is 0 Å². The second-order valence-electron chi connectivity index (χ2n) is 4.34. The van der Waals surface area contributed by atoms with Crippen LogP contribution in [0.1, 0.15) is 10.4 Å². The molecule has 1 heteroatoms. The van der Waals surface area contributed by atoms with E-state index in [0.717, 1.165) is 0 Å². The molecule has 0 N–H and O–H groups in total. The number of rotatable bonds is 3. The monoisotopic (exact) mass is 262 g/mol. The molecule has 0 nitrogen and oxygen atoms in total. The molecule has 0 aliphatic carbocycles. The number of hydrogen-bond donors (Lipinski definition) is 0. The molecule has 0 saturated heterocycles. The van der Waals surface area contributed by atoms with Gasteiger partial charge in [-0.15, -0.1) is 11.3 Å². The summed E-state index contributed by atoms with van der Waals surface area (Å²) in [7, 11) is 0. The zero-order valence-electron chi connectivity index (χ0n) is 10.5. The third kappa shape index (κ3) is 3.01. The maximum absolute atomic E-state index is 2.22. The van der Waals surface area contributed by atoms with Crippen molar-refractivity contribution in [3.63, 3.8) is 0 Å². The molecular formula is C18H14S. The van der Waals surface area contributed by atoms with Crippen LogP contribution in [0.2, 0.25) is 0 Å². The first-order chi connectivity index (χ1) is 9.42. The lowest BCUT2D eigenvalue weighted by molar-refractivity contribution is 1.60. The maximum Gasteiger partial charge on any atom is 0.0270 e. The second kappa shape index (κ2) is 5.68. The lowest BCUT2D eigenvalue weighted by atomic mass is 10.0. The molecule has 0 atom stereocenters. The Bertz CT molecular complexity index is 664. The minimum atomic E-state index is 1.23. The van der Waals surface area contributed by atoms with Crippen LogP contribution in [-0.4, -0.2) is 0 Å². The van der Waals surface area contributed by atoms with E-state index >= 15 is 0 Å². The van der Waals surface area contributed by atoms with E-state index in [9.17, 15) is 0 Å². The van der Waals surface area contributed by atoms with Gasteiger partial charge in [-0.05, 0) is 40.3 Å². The molecule has 0 spiro atoms. The van der Waals surface area contributed by atoms with Crippen LogP contribution in [0.3, 0.4) is 0 Å². The minimum absolute atomic E-state index is 1.23. The van der Waals surface area contributed by atoms with Crippen molar-refractivity contribution in [2.45, 2.75) is 0 Å². The Balaban J connectivity index is 1.88. The fourth-order valence-corrected chi connectivity index (χ4v) is 2.63. The molecule has 0 fully saturated rings. The Morgan fingerprint density at radius 2 is 1.53 bits per heavy atom. The zero-order valence-corrected chi connectivity index (χ0v) is 11.3. The van der Waals surface area contributed by atoms with Crippen molar-refractivity contribution in [3.8, 4) is 11.1 Å². The van der Waals surface area contributed by atoms with Crippen LogP contribution < -0.4 is 0 Å². The van der Waals surface area contributed by atoms with Crippen LogP contribution in [0.4, 0.5) is 0 Å². The molecule has 0 saturated carbocycles. The first-order valence-corrected chi connectivity index (χ1v) is 7.17. The number of thiophene rings is 1. The minimum Gasteiger partial charge on any atom is -0.144 e. The average Bonchev–Trinajstić information content (AvgIpc) is 3.00. The number of hydrogen-bond acceptors (Lipinski definition) is 1.